The van der Waals surface area contributed by atoms with E-state index >= 15 is 0 Å². The van der Waals surface area contributed by atoms with Gasteiger partial charge in [-0.3, -0.25) is 0 Å². The van der Waals surface area contributed by atoms with Crippen molar-refractivity contribution in [1.29, 1.82) is 0 Å². The number of hydrogen-bond acceptors (Lipinski definition) is 4. The van der Waals surface area contributed by atoms with Gasteiger partial charge in [-0.25, -0.2) is 0 Å². The molecule has 0 aliphatic carbocycles. The second kappa shape index (κ2) is 9.71. The fourth-order valence-electron chi connectivity index (χ4n) is 5.15. The third kappa shape index (κ3) is 4.45. The normalized spacial score (nSPS) is 17.3. The van der Waals surface area contributed by atoms with E-state index in [1.807, 2.05) is 44.4 Å². The molecule has 1 aliphatic rings. The van der Waals surface area contributed by atoms with Crippen LogP contribution in [0.15, 0.2) is 91.0 Å². The van der Waals surface area contributed by atoms with E-state index in [0.29, 0.717) is 0 Å². The zero-order valence-corrected chi connectivity index (χ0v) is 21.6. The molecule has 1 aliphatic heterocycles. The van der Waals surface area contributed by atoms with Gasteiger partial charge < -0.3 is 19.6 Å². The predicted octanol–water partition coefficient (Wildman–Crippen LogP) is 6.74. The molecular formula is C32H34N2O2. The van der Waals surface area contributed by atoms with Crippen LogP contribution in [0.2, 0.25) is 0 Å². The van der Waals surface area contributed by atoms with E-state index in [4.69, 9.17) is 4.74 Å². The summed E-state index contributed by atoms with van der Waals surface area (Å²) in [6.45, 7) is 2.15. The molecule has 36 heavy (non-hydrogen) atoms. The van der Waals surface area contributed by atoms with E-state index in [9.17, 15) is 5.11 Å². The standard InChI is InChI=1S/C32H34N2O2/c1-21-20-24(14-19-27(21)22-10-15-25(16-11-22)33(2)3)32-30(28-8-6-7-9-29(28)36-32)31(35)23-12-17-26(18-13-23)34(4)5/h6-20,30-32,35H,1-5H3. The van der Waals surface area contributed by atoms with Crippen LogP contribution < -0.4 is 14.5 Å². The summed E-state index contributed by atoms with van der Waals surface area (Å²) in [5.74, 6) is 0.647. The minimum absolute atomic E-state index is 0.198. The van der Waals surface area contributed by atoms with E-state index in [0.717, 1.165) is 28.1 Å². The predicted molar refractivity (Wildman–Crippen MR) is 149 cm³/mol. The van der Waals surface area contributed by atoms with E-state index < -0.39 is 6.10 Å². The zero-order valence-electron chi connectivity index (χ0n) is 21.6. The molecule has 0 radical (unpaired) electrons. The topological polar surface area (TPSA) is 35.9 Å². The number of anilines is 2. The van der Waals surface area contributed by atoms with Crippen molar-refractivity contribution in [1.82, 2.24) is 0 Å². The van der Waals surface area contributed by atoms with E-state index in [1.165, 1.54) is 22.4 Å². The second-order valence-corrected chi connectivity index (χ2v) is 10.0. The van der Waals surface area contributed by atoms with E-state index in [1.54, 1.807) is 0 Å². The summed E-state index contributed by atoms with van der Waals surface area (Å²) in [6.07, 6.45) is -0.955. The monoisotopic (exact) mass is 478 g/mol. The molecule has 4 aromatic rings. The van der Waals surface area contributed by atoms with Gasteiger partial charge in [0.25, 0.3) is 0 Å². The minimum atomic E-state index is -0.687. The van der Waals surface area contributed by atoms with Gasteiger partial charge >= 0.3 is 0 Å². The van der Waals surface area contributed by atoms with Crippen LogP contribution in [0.25, 0.3) is 11.1 Å². The number of ether oxygens (including phenoxy) is 1. The number of rotatable bonds is 6. The summed E-state index contributed by atoms with van der Waals surface area (Å²) in [5, 5.41) is 11.6. The average molecular weight is 479 g/mol. The molecule has 0 saturated heterocycles. The van der Waals surface area contributed by atoms with Crippen LogP contribution in [0.4, 0.5) is 11.4 Å². The van der Waals surface area contributed by atoms with Gasteiger partial charge in [-0.05, 0) is 65.1 Å². The summed E-state index contributed by atoms with van der Waals surface area (Å²) in [4.78, 5) is 4.17. The van der Waals surface area contributed by atoms with Crippen molar-refractivity contribution in [3.63, 3.8) is 0 Å². The van der Waals surface area contributed by atoms with E-state index in [-0.39, 0.29) is 12.0 Å². The Morgan fingerprint density at radius 3 is 1.97 bits per heavy atom. The number of fused-ring (bicyclic) bond motifs is 1. The Hall–Kier alpha value is -3.76. The van der Waals surface area contributed by atoms with Crippen LogP contribution >= 0.6 is 0 Å². The van der Waals surface area contributed by atoms with Crippen molar-refractivity contribution in [2.75, 3.05) is 38.0 Å². The molecule has 5 rings (SSSR count). The number of benzene rings is 4. The summed E-state index contributed by atoms with van der Waals surface area (Å²) < 4.78 is 6.48. The second-order valence-electron chi connectivity index (χ2n) is 10.0. The molecule has 0 spiro atoms. The summed E-state index contributed by atoms with van der Waals surface area (Å²) in [7, 11) is 8.14. The fourth-order valence-corrected chi connectivity index (χ4v) is 5.15. The Kier molecular flexibility index (Phi) is 6.46. The highest BCUT2D eigenvalue weighted by Crippen LogP contribution is 2.52. The van der Waals surface area contributed by atoms with Gasteiger partial charge in [-0.15, -0.1) is 0 Å². The van der Waals surface area contributed by atoms with Crippen LogP contribution in [0.1, 0.15) is 40.4 Å². The third-order valence-electron chi connectivity index (χ3n) is 7.22. The summed E-state index contributed by atoms with van der Waals surface area (Å²) >= 11 is 0. The SMILES string of the molecule is Cc1cc(C2Oc3ccccc3C2C(O)c2ccc(N(C)C)cc2)ccc1-c1ccc(N(C)C)cc1. The number of aliphatic hydroxyl groups excluding tert-OH is 1. The van der Waals surface area contributed by atoms with Crippen LogP contribution in [0, 0.1) is 6.92 Å². The molecule has 184 valence electrons. The van der Waals surface area contributed by atoms with Crippen LogP contribution in [-0.4, -0.2) is 33.3 Å². The first-order valence-electron chi connectivity index (χ1n) is 12.4. The first-order chi connectivity index (χ1) is 17.3. The molecule has 3 atom stereocenters. The van der Waals surface area contributed by atoms with Crippen LogP contribution in [-0.2, 0) is 0 Å². The van der Waals surface area contributed by atoms with Crippen molar-refractivity contribution in [2.45, 2.75) is 25.0 Å². The largest absolute Gasteiger partial charge is 0.485 e. The van der Waals surface area contributed by atoms with Crippen LogP contribution in [0.5, 0.6) is 5.75 Å². The average Bonchev–Trinajstić information content (AvgIpc) is 3.28. The molecule has 4 heteroatoms. The number of aryl methyl sites for hydroxylation is 1. The van der Waals surface area contributed by atoms with E-state index in [2.05, 4.69) is 91.5 Å². The van der Waals surface area contributed by atoms with Gasteiger partial charge in [-0.1, -0.05) is 60.7 Å². The molecule has 4 aromatic carbocycles. The number of aliphatic hydroxyl groups is 1. The Morgan fingerprint density at radius 1 is 0.750 bits per heavy atom. The first kappa shape index (κ1) is 24.0. The Bertz CT molecular complexity index is 1340. The maximum absolute atomic E-state index is 11.6. The highest BCUT2D eigenvalue weighted by Gasteiger charge is 2.40. The van der Waals surface area contributed by atoms with Crippen LogP contribution in [0.3, 0.4) is 0 Å². The molecule has 0 aromatic heterocycles. The molecule has 1 N–H and O–H groups in total. The Morgan fingerprint density at radius 2 is 1.36 bits per heavy atom. The van der Waals surface area contributed by atoms with Gasteiger partial charge in [0.1, 0.15) is 11.9 Å². The summed E-state index contributed by atoms with van der Waals surface area (Å²) in [6, 6.07) is 31.4. The lowest BCUT2D eigenvalue weighted by Crippen LogP contribution is -2.18. The van der Waals surface area contributed by atoms with Gasteiger partial charge in [0.15, 0.2) is 0 Å². The fraction of sp³-hybridized carbons (Fsp3) is 0.250. The molecule has 0 amide bonds. The molecule has 0 saturated carbocycles. The summed E-state index contributed by atoms with van der Waals surface area (Å²) in [5.41, 5.74) is 8.89. The molecule has 0 bridgehead atoms. The van der Waals surface area contributed by atoms with Crippen molar-refractivity contribution < 1.29 is 9.84 Å². The number of para-hydroxylation sites is 1. The quantitative estimate of drug-likeness (QED) is 0.333. The first-order valence-corrected chi connectivity index (χ1v) is 12.4. The van der Waals surface area contributed by atoms with Crippen molar-refractivity contribution in [3.8, 4) is 16.9 Å². The number of hydrogen-bond donors (Lipinski definition) is 1. The maximum atomic E-state index is 11.6. The molecular weight excluding hydrogens is 444 g/mol. The smallest absolute Gasteiger partial charge is 0.134 e. The lowest BCUT2D eigenvalue weighted by atomic mass is 9.83. The highest BCUT2D eigenvalue weighted by atomic mass is 16.5. The van der Waals surface area contributed by atoms with Crippen molar-refractivity contribution in [2.24, 2.45) is 0 Å². The lowest BCUT2D eigenvalue weighted by Gasteiger charge is -2.26. The highest BCUT2D eigenvalue weighted by molar-refractivity contribution is 5.70. The minimum Gasteiger partial charge on any atom is -0.485 e. The van der Waals surface area contributed by atoms with Crippen molar-refractivity contribution >= 4 is 11.4 Å². The molecule has 1 heterocycles. The zero-order chi connectivity index (χ0) is 25.4. The molecule has 0 fully saturated rings. The lowest BCUT2D eigenvalue weighted by molar-refractivity contribution is 0.0886. The Labute approximate surface area is 214 Å². The third-order valence-corrected chi connectivity index (χ3v) is 7.22. The van der Waals surface area contributed by atoms with Gasteiger partial charge in [0.05, 0.1) is 12.0 Å². The molecule has 3 unspecified atom stereocenters. The molecule has 4 nitrogen and oxygen atoms in total. The van der Waals surface area contributed by atoms with Gasteiger partial charge in [0.2, 0.25) is 0 Å². The number of nitrogens with zero attached hydrogens (tertiary/aromatic N) is 2. The van der Waals surface area contributed by atoms with Gasteiger partial charge in [0, 0.05) is 45.1 Å². The van der Waals surface area contributed by atoms with Gasteiger partial charge in [-0.2, -0.15) is 0 Å². The maximum Gasteiger partial charge on any atom is 0.134 e. The Balaban J connectivity index is 1.48. The van der Waals surface area contributed by atoms with Crippen molar-refractivity contribution in [3.05, 3.63) is 113 Å².